The highest BCUT2D eigenvalue weighted by atomic mass is 16.5. The van der Waals surface area contributed by atoms with E-state index in [-0.39, 0.29) is 42.3 Å². The minimum atomic E-state index is -0.318. The van der Waals surface area contributed by atoms with Crippen LogP contribution in [0.1, 0.15) is 58.9 Å². The summed E-state index contributed by atoms with van der Waals surface area (Å²) in [6.07, 6.45) is 2.79. The molecule has 1 aliphatic rings. The van der Waals surface area contributed by atoms with Crippen molar-refractivity contribution in [2.75, 3.05) is 47.1 Å². The number of carbonyl (C=O) groups is 2. The van der Waals surface area contributed by atoms with Crippen LogP contribution in [-0.2, 0) is 20.9 Å². The van der Waals surface area contributed by atoms with E-state index < -0.39 is 0 Å². The standard InChI is InChI=1S/C29H49N3O6/c1-7-21(4)32(18-22-12-26(37-6)15-27(13-22)38-10-8-9-36-5)29(35)24-14-23(16-30-17-24)28(34)31-25(19-33)11-20(2)3/h12-13,15,20-21,23-25,30,33H,7-11,14,16-19H2,1-6H3,(H,31,34)/t21?,23?,24-,25?/m1/s1. The summed E-state index contributed by atoms with van der Waals surface area (Å²) in [4.78, 5) is 28.7. The molecule has 3 N–H and O–H groups in total. The lowest BCUT2D eigenvalue weighted by molar-refractivity contribution is -0.140. The molecular weight excluding hydrogens is 486 g/mol. The highest BCUT2D eigenvalue weighted by molar-refractivity contribution is 5.83. The lowest BCUT2D eigenvalue weighted by Crippen LogP contribution is -2.52. The van der Waals surface area contributed by atoms with Gasteiger partial charge < -0.3 is 34.9 Å². The maximum absolute atomic E-state index is 13.8. The molecule has 38 heavy (non-hydrogen) atoms. The van der Waals surface area contributed by atoms with Gasteiger partial charge in [0.05, 0.1) is 38.2 Å². The Balaban J connectivity index is 2.13. The molecule has 216 valence electrons. The van der Waals surface area contributed by atoms with Crippen LogP contribution in [-0.4, -0.2) is 81.0 Å². The van der Waals surface area contributed by atoms with Crippen molar-refractivity contribution in [3.63, 3.8) is 0 Å². The summed E-state index contributed by atoms with van der Waals surface area (Å²) >= 11 is 0. The lowest BCUT2D eigenvalue weighted by atomic mass is 9.88. The maximum atomic E-state index is 13.8. The van der Waals surface area contributed by atoms with Crippen LogP contribution in [0.3, 0.4) is 0 Å². The Morgan fingerprint density at radius 3 is 2.45 bits per heavy atom. The SMILES string of the molecule is CCC(C)N(Cc1cc(OC)cc(OCCCOC)c1)C(=O)[C@H]1CNCC(C(=O)NC(CO)CC(C)C)C1. The summed E-state index contributed by atoms with van der Waals surface area (Å²) in [7, 11) is 3.28. The van der Waals surface area contributed by atoms with Crippen molar-refractivity contribution in [3.05, 3.63) is 23.8 Å². The number of amides is 2. The van der Waals surface area contributed by atoms with E-state index in [2.05, 4.69) is 38.3 Å². The highest BCUT2D eigenvalue weighted by Gasteiger charge is 2.35. The van der Waals surface area contributed by atoms with Gasteiger partial charge in [0.25, 0.3) is 0 Å². The zero-order chi connectivity index (χ0) is 28.1. The first-order valence-electron chi connectivity index (χ1n) is 13.9. The predicted octanol–water partition coefficient (Wildman–Crippen LogP) is 2.99. The van der Waals surface area contributed by atoms with Gasteiger partial charge in [0, 0.05) is 51.9 Å². The minimum Gasteiger partial charge on any atom is -0.497 e. The molecule has 9 heteroatoms. The first-order chi connectivity index (χ1) is 18.2. The molecule has 3 unspecified atom stereocenters. The molecule has 2 rings (SSSR count). The van der Waals surface area contributed by atoms with Gasteiger partial charge in [-0.15, -0.1) is 0 Å². The van der Waals surface area contributed by atoms with Crippen LogP contribution in [0, 0.1) is 17.8 Å². The summed E-state index contributed by atoms with van der Waals surface area (Å²) in [5.74, 6) is 1.05. The molecule has 0 spiro atoms. The van der Waals surface area contributed by atoms with Crippen molar-refractivity contribution in [1.82, 2.24) is 15.5 Å². The smallest absolute Gasteiger partial charge is 0.227 e. The second kappa shape index (κ2) is 16.6. The number of aliphatic hydroxyl groups excluding tert-OH is 1. The largest absolute Gasteiger partial charge is 0.497 e. The van der Waals surface area contributed by atoms with E-state index in [1.807, 2.05) is 23.1 Å². The van der Waals surface area contributed by atoms with E-state index >= 15 is 0 Å². The van der Waals surface area contributed by atoms with Gasteiger partial charge in [-0.1, -0.05) is 20.8 Å². The fraction of sp³-hybridized carbons (Fsp3) is 0.724. The third kappa shape index (κ3) is 10.1. The number of carbonyl (C=O) groups excluding carboxylic acids is 2. The second-order valence-electron chi connectivity index (χ2n) is 10.7. The van der Waals surface area contributed by atoms with Crippen LogP contribution in [0.15, 0.2) is 18.2 Å². The molecular formula is C29H49N3O6. The summed E-state index contributed by atoms with van der Waals surface area (Å²) in [6, 6.07) is 5.49. The van der Waals surface area contributed by atoms with E-state index in [1.165, 1.54) is 0 Å². The molecule has 0 bridgehead atoms. The minimum absolute atomic E-state index is 0.0267. The number of ether oxygens (including phenoxy) is 3. The molecule has 1 aliphatic heterocycles. The molecule has 1 fully saturated rings. The summed E-state index contributed by atoms with van der Waals surface area (Å²) < 4.78 is 16.5. The fourth-order valence-electron chi connectivity index (χ4n) is 4.82. The topological polar surface area (TPSA) is 109 Å². The number of methoxy groups -OCH3 is 2. The molecule has 4 atom stereocenters. The van der Waals surface area contributed by atoms with Gasteiger partial charge in [-0.05, 0) is 49.8 Å². The number of nitrogens with one attached hydrogen (secondary N) is 2. The Morgan fingerprint density at radius 2 is 1.82 bits per heavy atom. The molecule has 1 saturated heterocycles. The van der Waals surface area contributed by atoms with Crippen LogP contribution < -0.4 is 20.1 Å². The van der Waals surface area contributed by atoms with Gasteiger partial charge in [0.15, 0.2) is 0 Å². The Labute approximate surface area is 228 Å². The van der Waals surface area contributed by atoms with E-state index in [9.17, 15) is 14.7 Å². The van der Waals surface area contributed by atoms with Crippen molar-refractivity contribution in [1.29, 1.82) is 0 Å². The van der Waals surface area contributed by atoms with Crippen molar-refractivity contribution in [3.8, 4) is 11.5 Å². The Morgan fingerprint density at radius 1 is 1.11 bits per heavy atom. The maximum Gasteiger partial charge on any atom is 0.227 e. The molecule has 0 aromatic heterocycles. The van der Waals surface area contributed by atoms with Crippen molar-refractivity contribution in [2.24, 2.45) is 17.8 Å². The average Bonchev–Trinajstić information content (AvgIpc) is 2.92. The van der Waals surface area contributed by atoms with Crippen LogP contribution in [0.25, 0.3) is 0 Å². The van der Waals surface area contributed by atoms with Crippen LogP contribution in [0.5, 0.6) is 11.5 Å². The number of rotatable bonds is 16. The number of hydrogen-bond acceptors (Lipinski definition) is 7. The number of hydrogen-bond donors (Lipinski definition) is 3. The van der Waals surface area contributed by atoms with Crippen molar-refractivity contribution < 1.29 is 28.9 Å². The van der Waals surface area contributed by atoms with Crippen molar-refractivity contribution >= 4 is 11.8 Å². The summed E-state index contributed by atoms with van der Waals surface area (Å²) in [5.41, 5.74) is 0.928. The quantitative estimate of drug-likeness (QED) is 0.279. The van der Waals surface area contributed by atoms with E-state index in [0.717, 1.165) is 18.4 Å². The molecule has 1 aromatic carbocycles. The van der Waals surface area contributed by atoms with Crippen LogP contribution in [0.4, 0.5) is 0 Å². The Hall–Kier alpha value is -2.36. The average molecular weight is 536 g/mol. The van der Waals surface area contributed by atoms with Gasteiger partial charge in [0.1, 0.15) is 11.5 Å². The number of aliphatic hydroxyl groups is 1. The van der Waals surface area contributed by atoms with E-state index in [0.29, 0.717) is 63.1 Å². The van der Waals surface area contributed by atoms with Crippen LogP contribution in [0.2, 0.25) is 0 Å². The molecule has 9 nitrogen and oxygen atoms in total. The monoisotopic (exact) mass is 535 g/mol. The first-order valence-corrected chi connectivity index (χ1v) is 13.9. The zero-order valence-electron chi connectivity index (χ0n) is 24.1. The molecule has 0 aliphatic carbocycles. The molecule has 1 heterocycles. The summed E-state index contributed by atoms with van der Waals surface area (Å²) in [6.45, 7) is 10.8. The van der Waals surface area contributed by atoms with Gasteiger partial charge in [-0.2, -0.15) is 0 Å². The number of piperidine rings is 1. The van der Waals surface area contributed by atoms with Gasteiger partial charge in [-0.25, -0.2) is 0 Å². The fourth-order valence-corrected chi connectivity index (χ4v) is 4.82. The molecule has 2 amide bonds. The van der Waals surface area contributed by atoms with Crippen LogP contribution >= 0.6 is 0 Å². The predicted molar refractivity (Wildman–Crippen MR) is 148 cm³/mol. The summed E-state index contributed by atoms with van der Waals surface area (Å²) in [5, 5.41) is 16.0. The van der Waals surface area contributed by atoms with Gasteiger partial charge >= 0.3 is 0 Å². The van der Waals surface area contributed by atoms with Gasteiger partial charge in [0.2, 0.25) is 11.8 Å². The molecule has 1 aromatic rings. The van der Waals surface area contributed by atoms with Crippen molar-refractivity contribution in [2.45, 2.75) is 72.0 Å². The Kier molecular flexibility index (Phi) is 13.9. The highest BCUT2D eigenvalue weighted by Crippen LogP contribution is 2.27. The lowest BCUT2D eigenvalue weighted by Gasteiger charge is -2.36. The molecule has 0 saturated carbocycles. The van der Waals surface area contributed by atoms with Gasteiger partial charge in [-0.3, -0.25) is 9.59 Å². The van der Waals surface area contributed by atoms with E-state index in [4.69, 9.17) is 14.2 Å². The zero-order valence-corrected chi connectivity index (χ0v) is 24.1. The van der Waals surface area contributed by atoms with E-state index in [1.54, 1.807) is 14.2 Å². The number of nitrogens with zero attached hydrogens (tertiary/aromatic N) is 1. The second-order valence-corrected chi connectivity index (χ2v) is 10.7. The normalized spacial score (nSPS) is 19.1. The first kappa shape index (κ1) is 31.9. The number of benzene rings is 1. The third-order valence-corrected chi connectivity index (χ3v) is 7.09. The molecule has 0 radical (unpaired) electrons. The third-order valence-electron chi connectivity index (χ3n) is 7.09. The Bertz CT molecular complexity index is 865.